The maximum absolute atomic E-state index is 12.2. The van der Waals surface area contributed by atoms with E-state index >= 15 is 0 Å². The minimum atomic E-state index is 0.0431. The molecule has 0 N–H and O–H groups in total. The second-order valence-corrected chi connectivity index (χ2v) is 9.91. The van der Waals surface area contributed by atoms with Crippen molar-refractivity contribution >= 4 is 17.9 Å². The number of benzene rings is 2. The molecule has 166 valence electrons. The van der Waals surface area contributed by atoms with Gasteiger partial charge in [0.2, 0.25) is 0 Å². The van der Waals surface area contributed by atoms with Crippen molar-refractivity contribution in [1.29, 1.82) is 0 Å². The number of amides is 1. The standard InChI is InChI=1S/C27H31N3OS/c1-19-7-5-10-25(20(19)2)23-11-12-26(28-18-23)21-13-15-30(16-14-21)32-24-9-6-8-22(17-24)27(31)29(3)4/h5-12,17-18,21H,13-16H2,1-4H3. The van der Waals surface area contributed by atoms with Crippen molar-refractivity contribution in [3.05, 3.63) is 83.2 Å². The van der Waals surface area contributed by atoms with Crippen molar-refractivity contribution < 1.29 is 4.79 Å². The molecule has 3 aromatic rings. The number of aromatic nitrogens is 1. The van der Waals surface area contributed by atoms with E-state index in [0.29, 0.717) is 5.92 Å². The van der Waals surface area contributed by atoms with Crippen LogP contribution in [0.15, 0.2) is 65.7 Å². The van der Waals surface area contributed by atoms with E-state index in [0.717, 1.165) is 36.4 Å². The van der Waals surface area contributed by atoms with Gasteiger partial charge in [-0.1, -0.05) is 30.3 Å². The third-order valence-electron chi connectivity index (χ3n) is 6.30. The molecule has 1 saturated heterocycles. The zero-order chi connectivity index (χ0) is 22.7. The summed E-state index contributed by atoms with van der Waals surface area (Å²) in [5, 5.41) is 0. The Labute approximate surface area is 195 Å². The topological polar surface area (TPSA) is 36.4 Å². The van der Waals surface area contributed by atoms with Gasteiger partial charge in [0.25, 0.3) is 5.91 Å². The van der Waals surface area contributed by atoms with Crippen molar-refractivity contribution in [1.82, 2.24) is 14.2 Å². The fourth-order valence-corrected chi connectivity index (χ4v) is 5.22. The second-order valence-electron chi connectivity index (χ2n) is 8.74. The van der Waals surface area contributed by atoms with E-state index in [4.69, 9.17) is 4.98 Å². The number of hydrogen-bond acceptors (Lipinski definition) is 4. The average Bonchev–Trinajstić information content (AvgIpc) is 2.81. The maximum Gasteiger partial charge on any atom is 0.253 e. The Balaban J connectivity index is 1.36. The molecular formula is C27H31N3OS. The van der Waals surface area contributed by atoms with Crippen LogP contribution in [0.3, 0.4) is 0 Å². The van der Waals surface area contributed by atoms with E-state index in [9.17, 15) is 4.79 Å². The molecule has 1 fully saturated rings. The Hall–Kier alpha value is -2.63. The summed E-state index contributed by atoms with van der Waals surface area (Å²) in [4.78, 5) is 19.8. The van der Waals surface area contributed by atoms with Gasteiger partial charge in [0, 0.05) is 61.0 Å². The third-order valence-corrected chi connectivity index (χ3v) is 7.38. The fourth-order valence-electron chi connectivity index (χ4n) is 4.21. The Bertz CT molecular complexity index is 1090. The van der Waals surface area contributed by atoms with Gasteiger partial charge in [0.15, 0.2) is 0 Å². The molecule has 0 atom stereocenters. The molecule has 32 heavy (non-hydrogen) atoms. The van der Waals surface area contributed by atoms with Gasteiger partial charge in [-0.25, -0.2) is 4.31 Å². The number of carbonyl (C=O) groups is 1. The van der Waals surface area contributed by atoms with Crippen LogP contribution in [0.1, 0.15) is 45.9 Å². The van der Waals surface area contributed by atoms with Gasteiger partial charge in [0.1, 0.15) is 0 Å². The minimum absolute atomic E-state index is 0.0431. The van der Waals surface area contributed by atoms with Crippen LogP contribution in [0.5, 0.6) is 0 Å². The van der Waals surface area contributed by atoms with Gasteiger partial charge in [0.05, 0.1) is 0 Å². The lowest BCUT2D eigenvalue weighted by Crippen LogP contribution is -2.28. The monoisotopic (exact) mass is 445 g/mol. The molecule has 0 bridgehead atoms. The SMILES string of the molecule is Cc1cccc(-c2ccc(C3CCN(Sc4cccc(C(=O)N(C)C)c4)CC3)nc2)c1C. The van der Waals surface area contributed by atoms with Gasteiger partial charge in [-0.15, -0.1) is 0 Å². The summed E-state index contributed by atoms with van der Waals surface area (Å²) in [6.45, 7) is 6.37. The summed E-state index contributed by atoms with van der Waals surface area (Å²) in [7, 11) is 3.57. The summed E-state index contributed by atoms with van der Waals surface area (Å²) >= 11 is 1.75. The lowest BCUT2D eigenvalue weighted by molar-refractivity contribution is 0.0827. The molecule has 1 aromatic heterocycles. The van der Waals surface area contributed by atoms with Gasteiger partial charge in [-0.3, -0.25) is 9.78 Å². The zero-order valence-corrected chi connectivity index (χ0v) is 20.2. The van der Waals surface area contributed by atoms with Crippen molar-refractivity contribution in [3.63, 3.8) is 0 Å². The normalized spacial score (nSPS) is 15.0. The highest BCUT2D eigenvalue weighted by atomic mass is 32.2. The lowest BCUT2D eigenvalue weighted by atomic mass is 9.93. The van der Waals surface area contributed by atoms with Crippen LogP contribution in [0.4, 0.5) is 0 Å². The predicted molar refractivity (Wildman–Crippen MR) is 133 cm³/mol. The number of aryl methyl sites for hydroxylation is 1. The molecule has 5 heteroatoms. The number of nitrogens with zero attached hydrogens (tertiary/aromatic N) is 3. The van der Waals surface area contributed by atoms with Gasteiger partial charge >= 0.3 is 0 Å². The highest BCUT2D eigenvalue weighted by molar-refractivity contribution is 7.97. The first-order valence-electron chi connectivity index (χ1n) is 11.2. The quantitative estimate of drug-likeness (QED) is 0.455. The predicted octanol–water partition coefficient (Wildman–Crippen LogP) is 5.95. The Morgan fingerprint density at radius 2 is 1.78 bits per heavy atom. The van der Waals surface area contributed by atoms with E-state index in [2.05, 4.69) is 54.6 Å². The van der Waals surface area contributed by atoms with E-state index in [1.165, 1.54) is 27.9 Å². The molecule has 2 heterocycles. The molecule has 2 aromatic carbocycles. The van der Waals surface area contributed by atoms with Crippen LogP contribution in [0, 0.1) is 13.8 Å². The number of piperidine rings is 1. The molecule has 1 aliphatic heterocycles. The maximum atomic E-state index is 12.2. The van der Waals surface area contributed by atoms with Crippen LogP contribution in [-0.2, 0) is 0 Å². The largest absolute Gasteiger partial charge is 0.345 e. The zero-order valence-electron chi connectivity index (χ0n) is 19.3. The van der Waals surface area contributed by atoms with E-state index < -0.39 is 0 Å². The van der Waals surface area contributed by atoms with E-state index in [1.807, 2.05) is 24.4 Å². The highest BCUT2D eigenvalue weighted by Gasteiger charge is 2.22. The van der Waals surface area contributed by atoms with Crippen molar-refractivity contribution in [2.24, 2.45) is 0 Å². The van der Waals surface area contributed by atoms with Gasteiger partial charge in [-0.05, 0) is 79.6 Å². The smallest absolute Gasteiger partial charge is 0.253 e. The molecule has 1 aliphatic rings. The molecule has 0 aliphatic carbocycles. The molecule has 0 saturated carbocycles. The van der Waals surface area contributed by atoms with E-state index in [-0.39, 0.29) is 5.91 Å². The summed E-state index contributed by atoms with van der Waals surface area (Å²) in [5.74, 6) is 0.544. The average molecular weight is 446 g/mol. The molecule has 1 amide bonds. The highest BCUT2D eigenvalue weighted by Crippen LogP contribution is 2.34. The Morgan fingerprint density at radius 3 is 2.47 bits per heavy atom. The number of rotatable bonds is 5. The number of carbonyl (C=O) groups excluding carboxylic acids is 1. The third kappa shape index (κ3) is 5.05. The van der Waals surface area contributed by atoms with Crippen molar-refractivity contribution in [2.75, 3.05) is 27.2 Å². The van der Waals surface area contributed by atoms with Gasteiger partial charge in [-0.2, -0.15) is 0 Å². The van der Waals surface area contributed by atoms with Crippen LogP contribution < -0.4 is 0 Å². The lowest BCUT2D eigenvalue weighted by Gasteiger charge is -2.30. The second kappa shape index (κ2) is 9.88. The van der Waals surface area contributed by atoms with Crippen molar-refractivity contribution in [3.8, 4) is 11.1 Å². The van der Waals surface area contributed by atoms with E-state index in [1.54, 1.807) is 30.9 Å². The summed E-state index contributed by atoms with van der Waals surface area (Å²) in [6.07, 6.45) is 4.23. The molecule has 0 spiro atoms. The first kappa shape index (κ1) is 22.6. The molecular weight excluding hydrogens is 414 g/mol. The van der Waals surface area contributed by atoms with Gasteiger partial charge < -0.3 is 4.90 Å². The first-order valence-corrected chi connectivity index (χ1v) is 12.0. The first-order chi connectivity index (χ1) is 15.4. The van der Waals surface area contributed by atoms with Crippen LogP contribution in [-0.4, -0.2) is 47.3 Å². The van der Waals surface area contributed by atoms with Crippen LogP contribution in [0.2, 0.25) is 0 Å². The molecule has 0 radical (unpaired) electrons. The van der Waals surface area contributed by atoms with Crippen molar-refractivity contribution in [2.45, 2.75) is 37.5 Å². The summed E-state index contributed by atoms with van der Waals surface area (Å²) in [6, 6.07) is 18.8. The number of pyridine rings is 1. The molecule has 4 nitrogen and oxygen atoms in total. The fraction of sp³-hybridized carbons (Fsp3) is 0.333. The molecule has 0 unspecified atom stereocenters. The van der Waals surface area contributed by atoms with Crippen LogP contribution >= 0.6 is 11.9 Å². The summed E-state index contributed by atoms with van der Waals surface area (Å²) in [5.41, 5.74) is 7.03. The summed E-state index contributed by atoms with van der Waals surface area (Å²) < 4.78 is 2.40. The van der Waals surface area contributed by atoms with Crippen LogP contribution in [0.25, 0.3) is 11.1 Å². The Morgan fingerprint density at radius 1 is 1.03 bits per heavy atom. The molecule has 4 rings (SSSR count). The Kier molecular flexibility index (Phi) is 6.97. The number of hydrogen-bond donors (Lipinski definition) is 0. The minimum Gasteiger partial charge on any atom is -0.345 e.